The Morgan fingerprint density at radius 2 is 1.79 bits per heavy atom. The van der Waals surface area contributed by atoms with Crippen molar-refractivity contribution in [2.75, 3.05) is 0 Å². The van der Waals surface area contributed by atoms with E-state index in [-0.39, 0.29) is 0 Å². The van der Waals surface area contributed by atoms with Gasteiger partial charge in [-0.2, -0.15) is 0 Å². The van der Waals surface area contributed by atoms with Gasteiger partial charge in [-0.15, -0.1) is 0 Å². The molecule has 0 saturated heterocycles. The van der Waals surface area contributed by atoms with Gasteiger partial charge in [-0.05, 0) is 37.9 Å². The highest BCUT2D eigenvalue weighted by Crippen LogP contribution is 2.31. The smallest absolute Gasteiger partial charge is 0.186 e. The predicted molar refractivity (Wildman–Crippen MR) is 65.1 cm³/mol. The van der Waals surface area contributed by atoms with Crippen molar-refractivity contribution in [2.45, 2.75) is 71.2 Å². The second-order valence-electron chi connectivity index (χ2n) is 5.22. The van der Waals surface area contributed by atoms with Crippen molar-refractivity contribution < 1.29 is 4.43 Å². The molecule has 0 amide bonds. The third kappa shape index (κ3) is 3.39. The van der Waals surface area contributed by atoms with Crippen molar-refractivity contribution >= 4 is 8.32 Å². The summed E-state index contributed by atoms with van der Waals surface area (Å²) in [6, 6.07) is 1.25. The minimum absolute atomic E-state index is 0.593. The fourth-order valence-corrected chi connectivity index (χ4v) is 3.59. The van der Waals surface area contributed by atoms with E-state index >= 15 is 0 Å². The Balaban J connectivity index is 2.48. The van der Waals surface area contributed by atoms with Gasteiger partial charge in [-0.3, -0.25) is 0 Å². The van der Waals surface area contributed by atoms with Crippen LogP contribution in [0.5, 0.6) is 0 Å². The third-order valence-electron chi connectivity index (χ3n) is 3.69. The molecule has 0 aromatic rings. The molecule has 1 rings (SSSR count). The van der Waals surface area contributed by atoms with Crippen molar-refractivity contribution in [1.82, 2.24) is 0 Å². The van der Waals surface area contributed by atoms with Crippen LogP contribution in [0, 0.1) is 5.92 Å². The SMILES string of the molecule is CCC1CCCCC1O[Si](C)(C)CC. The summed E-state index contributed by atoms with van der Waals surface area (Å²) < 4.78 is 6.37. The van der Waals surface area contributed by atoms with Crippen molar-refractivity contribution in [3.63, 3.8) is 0 Å². The first-order valence-corrected chi connectivity index (χ1v) is 9.38. The summed E-state index contributed by atoms with van der Waals surface area (Å²) in [5, 5.41) is 0. The Bertz CT molecular complexity index is 168. The van der Waals surface area contributed by atoms with Gasteiger partial charge in [0.2, 0.25) is 0 Å². The average molecular weight is 214 g/mol. The zero-order valence-electron chi connectivity index (χ0n) is 10.3. The van der Waals surface area contributed by atoms with E-state index in [0.29, 0.717) is 6.10 Å². The third-order valence-corrected chi connectivity index (χ3v) is 6.33. The number of hydrogen-bond acceptors (Lipinski definition) is 1. The fraction of sp³-hybridized carbons (Fsp3) is 1.00. The Hall–Kier alpha value is 0.177. The molecule has 2 heteroatoms. The molecule has 1 aliphatic rings. The van der Waals surface area contributed by atoms with Crippen molar-refractivity contribution in [3.05, 3.63) is 0 Å². The second kappa shape index (κ2) is 5.31. The zero-order valence-corrected chi connectivity index (χ0v) is 11.3. The predicted octanol–water partition coefficient (Wildman–Crippen LogP) is 4.20. The van der Waals surface area contributed by atoms with E-state index in [0.717, 1.165) is 5.92 Å². The van der Waals surface area contributed by atoms with Gasteiger partial charge in [0.25, 0.3) is 0 Å². The first-order valence-electron chi connectivity index (χ1n) is 6.27. The summed E-state index contributed by atoms with van der Waals surface area (Å²) in [6.45, 7) is 9.30. The fourth-order valence-electron chi connectivity index (χ4n) is 2.29. The molecule has 0 aliphatic heterocycles. The monoisotopic (exact) mass is 214 g/mol. The Morgan fingerprint density at radius 3 is 2.36 bits per heavy atom. The van der Waals surface area contributed by atoms with E-state index in [1.54, 1.807) is 0 Å². The van der Waals surface area contributed by atoms with E-state index in [4.69, 9.17) is 4.43 Å². The normalized spacial score (nSPS) is 29.1. The molecule has 0 aromatic heterocycles. The lowest BCUT2D eigenvalue weighted by atomic mass is 9.85. The molecule has 2 atom stereocenters. The molecule has 84 valence electrons. The molecule has 14 heavy (non-hydrogen) atoms. The lowest BCUT2D eigenvalue weighted by Crippen LogP contribution is -2.39. The van der Waals surface area contributed by atoms with Gasteiger partial charge in [0.05, 0.1) is 0 Å². The lowest BCUT2D eigenvalue weighted by molar-refractivity contribution is 0.0826. The van der Waals surface area contributed by atoms with E-state index in [9.17, 15) is 0 Å². The molecule has 0 N–H and O–H groups in total. The summed E-state index contributed by atoms with van der Waals surface area (Å²) in [6.07, 6.45) is 7.42. The van der Waals surface area contributed by atoms with Crippen LogP contribution in [-0.4, -0.2) is 14.4 Å². The first-order chi connectivity index (χ1) is 6.59. The largest absolute Gasteiger partial charge is 0.414 e. The maximum atomic E-state index is 6.37. The highest BCUT2D eigenvalue weighted by atomic mass is 28.4. The standard InChI is InChI=1S/C12H26OSi/c1-5-11-9-7-8-10-12(11)13-14(3,4)6-2/h11-12H,5-10H2,1-4H3. The molecule has 0 bridgehead atoms. The van der Waals surface area contributed by atoms with Crippen LogP contribution in [0.1, 0.15) is 46.0 Å². The van der Waals surface area contributed by atoms with Crippen LogP contribution < -0.4 is 0 Å². The van der Waals surface area contributed by atoms with Crippen LogP contribution in [0.3, 0.4) is 0 Å². The van der Waals surface area contributed by atoms with Gasteiger partial charge in [0.15, 0.2) is 8.32 Å². The number of hydrogen-bond donors (Lipinski definition) is 0. The van der Waals surface area contributed by atoms with Gasteiger partial charge >= 0.3 is 0 Å². The van der Waals surface area contributed by atoms with Crippen molar-refractivity contribution in [3.8, 4) is 0 Å². The van der Waals surface area contributed by atoms with Crippen LogP contribution in [0.25, 0.3) is 0 Å². The summed E-state index contributed by atoms with van der Waals surface area (Å²) >= 11 is 0. The first kappa shape index (κ1) is 12.2. The Labute approximate surface area is 90.4 Å². The quantitative estimate of drug-likeness (QED) is 0.637. The number of rotatable bonds is 4. The molecule has 0 radical (unpaired) electrons. The average Bonchev–Trinajstić information content (AvgIpc) is 2.18. The highest BCUT2D eigenvalue weighted by molar-refractivity contribution is 6.71. The van der Waals surface area contributed by atoms with Crippen LogP contribution in [0.4, 0.5) is 0 Å². The molecular weight excluding hydrogens is 188 g/mol. The minimum atomic E-state index is -1.32. The summed E-state index contributed by atoms with van der Waals surface area (Å²) in [4.78, 5) is 0. The van der Waals surface area contributed by atoms with E-state index in [1.807, 2.05) is 0 Å². The molecule has 1 fully saturated rings. The van der Waals surface area contributed by atoms with Gasteiger partial charge < -0.3 is 4.43 Å². The molecule has 0 spiro atoms. The van der Waals surface area contributed by atoms with Gasteiger partial charge in [-0.25, -0.2) is 0 Å². The molecule has 0 aromatic carbocycles. The zero-order chi connectivity index (χ0) is 10.6. The highest BCUT2D eigenvalue weighted by Gasteiger charge is 2.30. The van der Waals surface area contributed by atoms with E-state index < -0.39 is 8.32 Å². The van der Waals surface area contributed by atoms with Crippen LogP contribution >= 0.6 is 0 Å². The van der Waals surface area contributed by atoms with Gasteiger partial charge in [-0.1, -0.05) is 33.1 Å². The second-order valence-corrected chi connectivity index (χ2v) is 9.68. The van der Waals surface area contributed by atoms with Crippen LogP contribution in [0.15, 0.2) is 0 Å². The molecular formula is C12H26OSi. The van der Waals surface area contributed by atoms with Gasteiger partial charge in [0.1, 0.15) is 0 Å². The summed E-state index contributed by atoms with van der Waals surface area (Å²) in [5.74, 6) is 0.849. The Morgan fingerprint density at radius 1 is 1.14 bits per heavy atom. The molecule has 1 nitrogen and oxygen atoms in total. The van der Waals surface area contributed by atoms with Gasteiger partial charge in [0, 0.05) is 6.10 Å². The molecule has 2 unspecified atom stereocenters. The summed E-state index contributed by atoms with van der Waals surface area (Å²) in [5.41, 5.74) is 0. The molecule has 1 aliphatic carbocycles. The maximum absolute atomic E-state index is 6.37. The van der Waals surface area contributed by atoms with E-state index in [1.165, 1.54) is 38.1 Å². The topological polar surface area (TPSA) is 9.23 Å². The van der Waals surface area contributed by atoms with E-state index in [2.05, 4.69) is 26.9 Å². The minimum Gasteiger partial charge on any atom is -0.414 e. The van der Waals surface area contributed by atoms with Crippen molar-refractivity contribution in [1.29, 1.82) is 0 Å². The van der Waals surface area contributed by atoms with Crippen LogP contribution in [-0.2, 0) is 4.43 Å². The molecule has 0 heterocycles. The Kier molecular flexibility index (Phi) is 4.65. The molecule has 1 saturated carbocycles. The lowest BCUT2D eigenvalue weighted by Gasteiger charge is -2.36. The van der Waals surface area contributed by atoms with Crippen LogP contribution in [0.2, 0.25) is 19.1 Å². The summed E-state index contributed by atoms with van der Waals surface area (Å²) in [7, 11) is -1.32. The van der Waals surface area contributed by atoms with Crippen molar-refractivity contribution in [2.24, 2.45) is 5.92 Å². The maximum Gasteiger partial charge on any atom is 0.186 e.